The number of carbonyl (C=O) groups excluding carboxylic acids is 3. The molecule has 196 valence electrons. The lowest BCUT2D eigenvalue weighted by Crippen LogP contribution is -2.57. The van der Waals surface area contributed by atoms with E-state index in [0.29, 0.717) is 44.9 Å². The van der Waals surface area contributed by atoms with Crippen molar-refractivity contribution in [3.8, 4) is 0 Å². The highest BCUT2D eigenvalue weighted by Crippen LogP contribution is 2.39. The van der Waals surface area contributed by atoms with Gasteiger partial charge in [0.15, 0.2) is 0 Å². The third kappa shape index (κ3) is 5.22. The zero-order chi connectivity index (χ0) is 25.8. The number of rotatable bonds is 6. The van der Waals surface area contributed by atoms with Crippen molar-refractivity contribution in [3.05, 3.63) is 66.2 Å². The van der Waals surface area contributed by atoms with Crippen molar-refractivity contribution in [3.63, 3.8) is 0 Å². The minimum absolute atomic E-state index is 0.0206. The lowest BCUT2D eigenvalue weighted by molar-refractivity contribution is -0.142. The molecular weight excluding hydrogens is 464 g/mol. The number of piperidine rings is 2. The number of amides is 3. The van der Waals surface area contributed by atoms with Crippen molar-refractivity contribution < 1.29 is 14.4 Å². The lowest BCUT2D eigenvalue weighted by Gasteiger charge is -2.43. The number of para-hydroxylation sites is 1. The first-order valence-corrected chi connectivity index (χ1v) is 13.7. The third-order valence-corrected chi connectivity index (χ3v) is 8.49. The molecule has 7 nitrogen and oxygen atoms in total. The van der Waals surface area contributed by atoms with Crippen molar-refractivity contribution in [1.82, 2.24) is 14.7 Å². The molecule has 5 rings (SSSR count). The SMILES string of the molecule is CCC(=O)N1CCC2(CC1)C(=O)N(CC(=O)N1CCC(Cc3ccccc3)CC1)CN2c1ccccc1. The third-order valence-electron chi connectivity index (χ3n) is 8.49. The molecule has 7 heteroatoms. The van der Waals surface area contributed by atoms with Crippen LogP contribution in [0.1, 0.15) is 44.6 Å². The minimum Gasteiger partial charge on any atom is -0.343 e. The molecule has 0 aliphatic carbocycles. The Hall–Kier alpha value is -3.35. The average Bonchev–Trinajstić information content (AvgIpc) is 3.20. The molecule has 0 bridgehead atoms. The van der Waals surface area contributed by atoms with E-state index in [0.717, 1.165) is 38.0 Å². The van der Waals surface area contributed by atoms with Crippen LogP contribution in [-0.2, 0) is 20.8 Å². The monoisotopic (exact) mass is 502 g/mol. The van der Waals surface area contributed by atoms with Gasteiger partial charge >= 0.3 is 0 Å². The van der Waals surface area contributed by atoms with Gasteiger partial charge < -0.3 is 19.6 Å². The normalized spacial score (nSPS) is 20.1. The van der Waals surface area contributed by atoms with E-state index in [1.54, 1.807) is 4.90 Å². The van der Waals surface area contributed by atoms with Crippen molar-refractivity contribution in [2.45, 2.75) is 51.0 Å². The second-order valence-electron chi connectivity index (χ2n) is 10.7. The van der Waals surface area contributed by atoms with Gasteiger partial charge in [-0.3, -0.25) is 14.4 Å². The van der Waals surface area contributed by atoms with Crippen LogP contribution in [0.4, 0.5) is 5.69 Å². The lowest BCUT2D eigenvalue weighted by atomic mass is 9.85. The molecule has 0 atom stereocenters. The first-order valence-electron chi connectivity index (χ1n) is 13.7. The van der Waals surface area contributed by atoms with Crippen LogP contribution in [0.25, 0.3) is 0 Å². The summed E-state index contributed by atoms with van der Waals surface area (Å²) in [6.45, 7) is 5.03. The Morgan fingerprint density at radius 2 is 1.43 bits per heavy atom. The highest BCUT2D eigenvalue weighted by atomic mass is 16.2. The van der Waals surface area contributed by atoms with Gasteiger partial charge in [-0.2, -0.15) is 0 Å². The molecular formula is C30H38N4O3. The van der Waals surface area contributed by atoms with E-state index in [1.165, 1.54) is 5.56 Å². The fraction of sp³-hybridized carbons (Fsp3) is 0.500. The van der Waals surface area contributed by atoms with E-state index >= 15 is 0 Å². The summed E-state index contributed by atoms with van der Waals surface area (Å²) in [6, 6.07) is 20.5. The van der Waals surface area contributed by atoms with Crippen LogP contribution in [0.2, 0.25) is 0 Å². The standard InChI is InChI=1S/C30H38N4O3/c1-2-27(35)32-19-15-30(16-20-32)29(37)33(23-34(30)26-11-7-4-8-12-26)22-28(36)31-17-13-25(14-18-31)21-24-9-5-3-6-10-24/h3-12,25H,2,13-23H2,1H3. The average molecular weight is 503 g/mol. The summed E-state index contributed by atoms with van der Waals surface area (Å²) in [5.41, 5.74) is 1.64. The van der Waals surface area contributed by atoms with Gasteiger partial charge in [0.1, 0.15) is 12.1 Å². The summed E-state index contributed by atoms with van der Waals surface area (Å²) < 4.78 is 0. The van der Waals surface area contributed by atoms with Gasteiger partial charge in [0.2, 0.25) is 11.8 Å². The molecule has 0 N–H and O–H groups in total. The maximum atomic E-state index is 13.9. The Morgan fingerprint density at radius 1 is 0.838 bits per heavy atom. The minimum atomic E-state index is -0.700. The van der Waals surface area contributed by atoms with Crippen LogP contribution in [0.15, 0.2) is 60.7 Å². The molecule has 1 spiro atoms. The van der Waals surface area contributed by atoms with Crippen molar-refractivity contribution in [2.75, 3.05) is 44.3 Å². The van der Waals surface area contributed by atoms with E-state index < -0.39 is 5.54 Å². The van der Waals surface area contributed by atoms with E-state index in [2.05, 4.69) is 29.2 Å². The smallest absolute Gasteiger partial charge is 0.250 e. The maximum Gasteiger partial charge on any atom is 0.250 e. The van der Waals surface area contributed by atoms with E-state index in [9.17, 15) is 14.4 Å². The number of hydrogen-bond acceptors (Lipinski definition) is 4. The predicted octanol–water partition coefficient (Wildman–Crippen LogP) is 3.55. The van der Waals surface area contributed by atoms with Gasteiger partial charge in [-0.15, -0.1) is 0 Å². The van der Waals surface area contributed by atoms with Crippen LogP contribution in [0.5, 0.6) is 0 Å². The number of nitrogens with zero attached hydrogens (tertiary/aromatic N) is 4. The number of hydrogen-bond donors (Lipinski definition) is 0. The number of likely N-dealkylation sites (tertiary alicyclic amines) is 2. The van der Waals surface area contributed by atoms with Crippen molar-refractivity contribution in [1.29, 1.82) is 0 Å². The molecule has 0 saturated carbocycles. The van der Waals surface area contributed by atoms with Gasteiger partial charge in [0.05, 0.1) is 6.67 Å². The number of carbonyl (C=O) groups is 3. The summed E-state index contributed by atoms with van der Waals surface area (Å²) in [5, 5.41) is 0. The molecule has 3 saturated heterocycles. The highest BCUT2D eigenvalue weighted by Gasteiger charge is 2.54. The summed E-state index contributed by atoms with van der Waals surface area (Å²) in [6.07, 6.45) is 4.70. The first kappa shape index (κ1) is 25.3. The fourth-order valence-electron chi connectivity index (χ4n) is 6.27. The highest BCUT2D eigenvalue weighted by molar-refractivity contribution is 5.96. The Morgan fingerprint density at radius 3 is 2.05 bits per heavy atom. The van der Waals surface area contributed by atoms with Gasteiger partial charge in [-0.1, -0.05) is 55.5 Å². The zero-order valence-electron chi connectivity index (χ0n) is 21.8. The summed E-state index contributed by atoms with van der Waals surface area (Å²) in [7, 11) is 0. The number of benzene rings is 2. The van der Waals surface area contributed by atoms with Crippen LogP contribution >= 0.6 is 0 Å². The number of anilines is 1. The van der Waals surface area contributed by atoms with Crippen LogP contribution in [0, 0.1) is 5.92 Å². The topological polar surface area (TPSA) is 64.2 Å². The second-order valence-corrected chi connectivity index (χ2v) is 10.7. The fourth-order valence-corrected chi connectivity index (χ4v) is 6.27. The van der Waals surface area contributed by atoms with Crippen LogP contribution in [0.3, 0.4) is 0 Å². The Kier molecular flexibility index (Phi) is 7.49. The summed E-state index contributed by atoms with van der Waals surface area (Å²) >= 11 is 0. The molecule has 3 heterocycles. The van der Waals surface area contributed by atoms with E-state index in [-0.39, 0.29) is 24.3 Å². The van der Waals surface area contributed by atoms with Crippen molar-refractivity contribution in [2.24, 2.45) is 5.92 Å². The summed E-state index contributed by atoms with van der Waals surface area (Å²) in [5.74, 6) is 0.782. The molecule has 3 aliphatic rings. The molecule has 0 unspecified atom stereocenters. The van der Waals surface area contributed by atoms with Gasteiger partial charge in [0.25, 0.3) is 5.91 Å². The molecule has 3 fully saturated rings. The van der Waals surface area contributed by atoms with Crippen LogP contribution < -0.4 is 4.90 Å². The second kappa shape index (κ2) is 11.0. The van der Waals surface area contributed by atoms with E-state index in [1.807, 2.05) is 53.1 Å². The molecule has 0 aromatic heterocycles. The zero-order valence-corrected chi connectivity index (χ0v) is 21.8. The van der Waals surface area contributed by atoms with Crippen LogP contribution in [-0.4, -0.2) is 77.4 Å². The molecule has 3 amide bonds. The molecule has 0 radical (unpaired) electrons. The quantitative estimate of drug-likeness (QED) is 0.606. The molecule has 2 aromatic carbocycles. The van der Waals surface area contributed by atoms with E-state index in [4.69, 9.17) is 0 Å². The van der Waals surface area contributed by atoms with Gasteiger partial charge in [-0.05, 0) is 55.7 Å². The Labute approximate surface area is 220 Å². The van der Waals surface area contributed by atoms with Gasteiger partial charge in [-0.25, -0.2) is 0 Å². The Balaban J connectivity index is 1.24. The molecule has 2 aromatic rings. The molecule has 3 aliphatic heterocycles. The summed E-state index contributed by atoms with van der Waals surface area (Å²) in [4.78, 5) is 47.2. The first-order chi connectivity index (χ1) is 18.0. The van der Waals surface area contributed by atoms with Crippen molar-refractivity contribution >= 4 is 23.4 Å². The maximum absolute atomic E-state index is 13.9. The van der Waals surface area contributed by atoms with Gasteiger partial charge in [0, 0.05) is 38.3 Å². The predicted molar refractivity (Wildman–Crippen MR) is 144 cm³/mol. The Bertz CT molecular complexity index is 1090. The molecule has 37 heavy (non-hydrogen) atoms. The largest absolute Gasteiger partial charge is 0.343 e.